The Morgan fingerprint density at radius 1 is 0.960 bits per heavy atom. The van der Waals surface area contributed by atoms with Gasteiger partial charge in [-0.3, -0.25) is 14.4 Å². The number of thioether (sulfide) groups is 1. The highest BCUT2D eigenvalue weighted by atomic mass is 32.2. The Hall–Kier alpha value is -4.54. The summed E-state index contributed by atoms with van der Waals surface area (Å²) in [5.41, 5.74) is 2.27. The van der Waals surface area contributed by atoms with Gasteiger partial charge in [-0.25, -0.2) is 0 Å². The van der Waals surface area contributed by atoms with Crippen molar-refractivity contribution < 1.29 is 29.0 Å². The third-order valence-electron chi connectivity index (χ3n) is 10.2. The summed E-state index contributed by atoms with van der Waals surface area (Å²) in [5, 5.41) is 10.8. The molecular weight excluding hydrogens is 651 g/mol. The lowest BCUT2D eigenvalue weighted by Gasteiger charge is -2.39. The molecule has 2 unspecified atom stereocenters. The minimum absolute atomic E-state index is 0.139. The first-order valence-corrected chi connectivity index (χ1v) is 18.1. The average molecular weight is 696 g/mol. The van der Waals surface area contributed by atoms with Crippen molar-refractivity contribution in [3.63, 3.8) is 0 Å². The lowest BCUT2D eigenvalue weighted by atomic mass is 9.70. The molecule has 0 radical (unpaired) electrons. The van der Waals surface area contributed by atoms with Gasteiger partial charge >= 0.3 is 0 Å². The molecule has 50 heavy (non-hydrogen) atoms. The molecule has 1 N–H and O–H groups in total. The Morgan fingerprint density at radius 3 is 2.12 bits per heavy atom. The molecule has 2 bridgehead atoms. The predicted molar refractivity (Wildman–Crippen MR) is 198 cm³/mol. The molecule has 0 saturated carbocycles. The molecule has 3 aromatic rings. The Bertz CT molecular complexity index is 1700. The SMILES string of the molecule is C=CCN(C(=O)C1N([C@@H](CO)Cc2ccccc2)C(=O)[C@@H]2[C@H](C(=O)N(CC=C)c3ccc(OCC)cc3)[C@@H]3CCC12S3)c1ccc(OC)cc1. The van der Waals surface area contributed by atoms with Crippen molar-refractivity contribution in [1.29, 1.82) is 0 Å². The van der Waals surface area contributed by atoms with Crippen LogP contribution in [0.5, 0.6) is 11.5 Å². The number of methoxy groups -OCH3 is 1. The molecule has 262 valence electrons. The van der Waals surface area contributed by atoms with Gasteiger partial charge in [0.15, 0.2) is 0 Å². The van der Waals surface area contributed by atoms with Crippen LogP contribution in [-0.4, -0.2) is 83.2 Å². The first kappa shape index (κ1) is 35.3. The van der Waals surface area contributed by atoms with Crippen LogP contribution in [0.1, 0.15) is 25.3 Å². The normalized spacial score (nSPS) is 24.0. The van der Waals surface area contributed by atoms with E-state index >= 15 is 9.59 Å². The fourth-order valence-corrected chi connectivity index (χ4v) is 10.3. The number of carbonyl (C=O) groups is 3. The third-order valence-corrected chi connectivity index (χ3v) is 12.1. The number of fused-ring (bicyclic) bond motifs is 1. The number of anilines is 2. The van der Waals surface area contributed by atoms with Crippen LogP contribution >= 0.6 is 11.8 Å². The van der Waals surface area contributed by atoms with E-state index in [-0.39, 0.29) is 42.7 Å². The summed E-state index contributed by atoms with van der Waals surface area (Å²) in [6, 6.07) is 22.7. The van der Waals surface area contributed by atoms with Crippen molar-refractivity contribution >= 4 is 40.9 Å². The van der Waals surface area contributed by atoms with E-state index in [1.54, 1.807) is 57.9 Å². The van der Waals surface area contributed by atoms with Gasteiger partial charge in [-0.1, -0.05) is 42.5 Å². The molecule has 6 rings (SSSR count). The summed E-state index contributed by atoms with van der Waals surface area (Å²) in [6.07, 6.45) is 5.01. The minimum atomic E-state index is -0.908. The molecule has 3 aliphatic heterocycles. The summed E-state index contributed by atoms with van der Waals surface area (Å²) >= 11 is 1.61. The summed E-state index contributed by atoms with van der Waals surface area (Å²) in [5.74, 6) is -0.720. The van der Waals surface area contributed by atoms with Crippen LogP contribution in [0.25, 0.3) is 0 Å². The van der Waals surface area contributed by atoms with Crippen molar-refractivity contribution in [2.75, 3.05) is 43.2 Å². The number of hydrogen-bond acceptors (Lipinski definition) is 7. The van der Waals surface area contributed by atoms with Gasteiger partial charge in [0.1, 0.15) is 17.5 Å². The van der Waals surface area contributed by atoms with Crippen LogP contribution in [0.2, 0.25) is 0 Å². The van der Waals surface area contributed by atoms with E-state index in [1.165, 1.54) is 0 Å². The van der Waals surface area contributed by atoms with Crippen LogP contribution in [0.3, 0.4) is 0 Å². The molecule has 6 atom stereocenters. The van der Waals surface area contributed by atoms with E-state index in [9.17, 15) is 9.90 Å². The smallest absolute Gasteiger partial charge is 0.251 e. The molecular formula is C40H45N3O6S. The fraction of sp³-hybridized carbons (Fsp3) is 0.375. The zero-order chi connectivity index (χ0) is 35.4. The number of nitrogens with zero attached hydrogens (tertiary/aromatic N) is 3. The highest BCUT2D eigenvalue weighted by molar-refractivity contribution is 8.02. The first-order chi connectivity index (χ1) is 24.3. The van der Waals surface area contributed by atoms with E-state index in [0.29, 0.717) is 48.7 Å². The number of ether oxygens (including phenoxy) is 2. The first-order valence-electron chi connectivity index (χ1n) is 17.2. The number of carbonyl (C=O) groups excluding carboxylic acids is 3. The van der Waals surface area contributed by atoms with Crippen LogP contribution < -0.4 is 19.3 Å². The van der Waals surface area contributed by atoms with Gasteiger partial charge in [0.25, 0.3) is 5.91 Å². The molecule has 0 aliphatic carbocycles. The standard InChI is InChI=1S/C40H45N3O6S/c1-5-23-41(28-15-19-32(20-16-28)49-7-3)37(45)34-33-21-22-40(50-33)35(34)38(46)43(30(26-44)25-27-11-9-8-10-12-27)36(40)39(47)42(24-6-2)29-13-17-31(48-4)18-14-29/h5-6,8-20,30,33-36,44H,1-2,7,21-26H2,3-4H3/t30-,33+,34-,35+,36?,40?/m1/s1. The van der Waals surface area contributed by atoms with Crippen LogP contribution in [0.15, 0.2) is 104 Å². The number of benzene rings is 3. The number of hydrogen-bond donors (Lipinski definition) is 1. The van der Waals surface area contributed by atoms with Crippen molar-refractivity contribution in [2.45, 2.75) is 48.3 Å². The highest BCUT2D eigenvalue weighted by Crippen LogP contribution is 2.67. The maximum atomic E-state index is 15.1. The van der Waals surface area contributed by atoms with Crippen molar-refractivity contribution in [1.82, 2.24) is 4.90 Å². The second-order valence-corrected chi connectivity index (χ2v) is 14.5. The molecule has 3 aliphatic rings. The zero-order valence-electron chi connectivity index (χ0n) is 28.6. The second kappa shape index (κ2) is 15.1. The van der Waals surface area contributed by atoms with Gasteiger partial charge in [0.2, 0.25) is 11.8 Å². The van der Waals surface area contributed by atoms with E-state index in [1.807, 2.05) is 73.7 Å². The maximum absolute atomic E-state index is 15.1. The molecule has 10 heteroatoms. The topological polar surface area (TPSA) is 99.6 Å². The van der Waals surface area contributed by atoms with E-state index in [0.717, 1.165) is 5.56 Å². The molecule has 3 amide bonds. The number of likely N-dealkylation sites (tertiary alicyclic amines) is 1. The summed E-state index contributed by atoms with van der Waals surface area (Å²) in [7, 11) is 1.59. The van der Waals surface area contributed by atoms with Crippen LogP contribution in [0, 0.1) is 11.8 Å². The van der Waals surface area contributed by atoms with Crippen LogP contribution in [0.4, 0.5) is 11.4 Å². The Balaban J connectivity index is 1.42. The van der Waals surface area contributed by atoms with Crippen LogP contribution in [-0.2, 0) is 20.8 Å². The fourth-order valence-electron chi connectivity index (χ4n) is 8.06. The van der Waals surface area contributed by atoms with Crippen molar-refractivity contribution in [2.24, 2.45) is 11.8 Å². The number of rotatable bonds is 15. The maximum Gasteiger partial charge on any atom is 0.251 e. The average Bonchev–Trinajstić information content (AvgIpc) is 3.80. The van der Waals surface area contributed by atoms with Gasteiger partial charge in [-0.05, 0) is 80.3 Å². The molecule has 0 aromatic heterocycles. The van der Waals surface area contributed by atoms with E-state index in [2.05, 4.69) is 13.2 Å². The van der Waals surface area contributed by atoms with Gasteiger partial charge in [0.05, 0.1) is 42.9 Å². The number of aliphatic hydroxyl groups is 1. The largest absolute Gasteiger partial charge is 0.497 e. The lowest BCUT2D eigenvalue weighted by Crippen LogP contribution is -2.58. The second-order valence-electron chi connectivity index (χ2n) is 12.9. The highest BCUT2D eigenvalue weighted by Gasteiger charge is 2.74. The van der Waals surface area contributed by atoms with E-state index in [4.69, 9.17) is 9.47 Å². The molecule has 9 nitrogen and oxygen atoms in total. The molecule has 3 aromatic carbocycles. The summed E-state index contributed by atoms with van der Waals surface area (Å²) in [4.78, 5) is 49.8. The zero-order valence-corrected chi connectivity index (χ0v) is 29.5. The van der Waals surface area contributed by atoms with Crippen molar-refractivity contribution in [3.05, 3.63) is 110 Å². The lowest BCUT2D eigenvalue weighted by molar-refractivity contribution is -0.141. The summed E-state index contributed by atoms with van der Waals surface area (Å²) in [6.45, 7) is 10.4. The third kappa shape index (κ3) is 6.31. The molecule has 3 heterocycles. The molecule has 1 spiro atoms. The summed E-state index contributed by atoms with van der Waals surface area (Å²) < 4.78 is 10.1. The molecule has 3 fully saturated rings. The predicted octanol–water partition coefficient (Wildman–Crippen LogP) is 5.53. The minimum Gasteiger partial charge on any atom is -0.497 e. The monoisotopic (exact) mass is 695 g/mol. The quantitative estimate of drug-likeness (QED) is 0.209. The van der Waals surface area contributed by atoms with Gasteiger partial charge in [-0.15, -0.1) is 24.9 Å². The Kier molecular flexibility index (Phi) is 10.7. The van der Waals surface area contributed by atoms with Gasteiger partial charge in [-0.2, -0.15) is 0 Å². The van der Waals surface area contributed by atoms with Gasteiger partial charge in [0, 0.05) is 29.7 Å². The van der Waals surface area contributed by atoms with Gasteiger partial charge < -0.3 is 29.3 Å². The van der Waals surface area contributed by atoms with Crippen molar-refractivity contribution in [3.8, 4) is 11.5 Å². The van der Waals surface area contributed by atoms with E-state index < -0.39 is 28.7 Å². The number of aliphatic hydroxyl groups excluding tert-OH is 1. The Labute approximate surface area is 298 Å². The molecule has 3 saturated heterocycles. The number of amides is 3. The Morgan fingerprint density at radius 2 is 1.56 bits per heavy atom.